The minimum atomic E-state index is -0.783. The van der Waals surface area contributed by atoms with Gasteiger partial charge in [0.25, 0.3) is 0 Å². The normalized spacial score (nSPS) is 12.8. The molecule has 84 valence electrons. The van der Waals surface area contributed by atoms with Crippen molar-refractivity contribution >= 4 is 0 Å². The van der Waals surface area contributed by atoms with Crippen molar-refractivity contribution in [2.24, 2.45) is 0 Å². The SMILES string of the molecule is Cc1cnc(C(O)c2ccc(C)o2)c(C)c1. The Morgan fingerprint density at radius 1 is 1.25 bits per heavy atom. The minimum absolute atomic E-state index is 0.539. The number of hydrogen-bond donors (Lipinski definition) is 1. The van der Waals surface area contributed by atoms with Crippen LogP contribution in [-0.4, -0.2) is 10.1 Å². The summed E-state index contributed by atoms with van der Waals surface area (Å²) in [5, 5.41) is 10.1. The van der Waals surface area contributed by atoms with Crippen molar-refractivity contribution in [1.29, 1.82) is 0 Å². The fourth-order valence-electron chi connectivity index (χ4n) is 1.75. The van der Waals surface area contributed by atoms with Gasteiger partial charge in [-0.15, -0.1) is 0 Å². The molecule has 0 aliphatic carbocycles. The third-order valence-corrected chi connectivity index (χ3v) is 2.55. The molecule has 1 unspecified atom stereocenters. The molecule has 0 bridgehead atoms. The lowest BCUT2D eigenvalue weighted by molar-refractivity contribution is 0.182. The van der Waals surface area contributed by atoms with Crippen molar-refractivity contribution in [3.05, 3.63) is 52.7 Å². The summed E-state index contributed by atoms with van der Waals surface area (Å²) in [5.74, 6) is 1.33. The van der Waals surface area contributed by atoms with E-state index in [-0.39, 0.29) is 0 Å². The van der Waals surface area contributed by atoms with Gasteiger partial charge in [0.1, 0.15) is 11.5 Å². The van der Waals surface area contributed by atoms with Gasteiger partial charge in [-0.1, -0.05) is 6.07 Å². The van der Waals surface area contributed by atoms with Crippen LogP contribution >= 0.6 is 0 Å². The Morgan fingerprint density at radius 2 is 2.00 bits per heavy atom. The Labute approximate surface area is 94.8 Å². The number of pyridine rings is 1. The monoisotopic (exact) mass is 217 g/mol. The summed E-state index contributed by atoms with van der Waals surface area (Å²) in [6, 6.07) is 5.62. The number of aryl methyl sites for hydroxylation is 3. The second kappa shape index (κ2) is 4.10. The van der Waals surface area contributed by atoms with E-state index in [9.17, 15) is 5.11 Å². The first-order valence-corrected chi connectivity index (χ1v) is 5.25. The van der Waals surface area contributed by atoms with E-state index >= 15 is 0 Å². The van der Waals surface area contributed by atoms with Crippen LogP contribution in [0.25, 0.3) is 0 Å². The van der Waals surface area contributed by atoms with Gasteiger partial charge in [0.2, 0.25) is 0 Å². The molecule has 0 saturated heterocycles. The van der Waals surface area contributed by atoms with Crippen LogP contribution in [-0.2, 0) is 0 Å². The second-order valence-corrected chi connectivity index (χ2v) is 4.07. The topological polar surface area (TPSA) is 46.3 Å². The molecular formula is C13H15NO2. The van der Waals surface area contributed by atoms with E-state index in [1.54, 1.807) is 12.3 Å². The van der Waals surface area contributed by atoms with E-state index in [2.05, 4.69) is 4.98 Å². The standard InChI is InChI=1S/C13H15NO2/c1-8-6-9(2)12(14-7-8)13(15)11-5-4-10(3)16-11/h4-7,13,15H,1-3H3. The van der Waals surface area contributed by atoms with Crippen molar-refractivity contribution in [2.45, 2.75) is 26.9 Å². The molecule has 0 amide bonds. The fourth-order valence-corrected chi connectivity index (χ4v) is 1.75. The Balaban J connectivity index is 2.37. The molecule has 0 saturated carbocycles. The van der Waals surface area contributed by atoms with Crippen molar-refractivity contribution in [1.82, 2.24) is 4.98 Å². The highest BCUT2D eigenvalue weighted by atomic mass is 16.4. The average Bonchev–Trinajstić information content (AvgIpc) is 2.64. The summed E-state index contributed by atoms with van der Waals surface area (Å²) in [5.41, 5.74) is 2.71. The predicted molar refractivity (Wildman–Crippen MR) is 61.2 cm³/mol. The number of nitrogens with zero attached hydrogens (tertiary/aromatic N) is 1. The third kappa shape index (κ3) is 1.99. The largest absolute Gasteiger partial charge is 0.463 e. The lowest BCUT2D eigenvalue weighted by Crippen LogP contribution is -2.04. The molecule has 0 aliphatic heterocycles. The van der Waals surface area contributed by atoms with E-state index < -0.39 is 6.10 Å². The first kappa shape index (κ1) is 10.9. The van der Waals surface area contributed by atoms with E-state index in [1.807, 2.05) is 32.9 Å². The highest BCUT2D eigenvalue weighted by Crippen LogP contribution is 2.24. The maximum Gasteiger partial charge on any atom is 0.154 e. The van der Waals surface area contributed by atoms with Crippen LogP contribution in [0.3, 0.4) is 0 Å². The Morgan fingerprint density at radius 3 is 2.56 bits per heavy atom. The number of aliphatic hydroxyl groups excluding tert-OH is 1. The average molecular weight is 217 g/mol. The van der Waals surface area contributed by atoms with Gasteiger partial charge in [-0.3, -0.25) is 4.98 Å². The van der Waals surface area contributed by atoms with Gasteiger partial charge < -0.3 is 9.52 Å². The second-order valence-electron chi connectivity index (χ2n) is 4.07. The molecule has 2 heterocycles. The van der Waals surface area contributed by atoms with Gasteiger partial charge in [0, 0.05) is 6.20 Å². The Hall–Kier alpha value is -1.61. The molecule has 3 nitrogen and oxygen atoms in total. The lowest BCUT2D eigenvalue weighted by atomic mass is 10.1. The highest BCUT2D eigenvalue weighted by molar-refractivity contribution is 5.29. The summed E-state index contributed by atoms with van der Waals surface area (Å²) in [4.78, 5) is 4.25. The van der Waals surface area contributed by atoms with Gasteiger partial charge >= 0.3 is 0 Å². The molecule has 2 rings (SSSR count). The Kier molecular flexibility index (Phi) is 2.79. The van der Waals surface area contributed by atoms with Crippen LogP contribution in [0.1, 0.15) is 34.4 Å². The quantitative estimate of drug-likeness (QED) is 0.841. The summed E-state index contributed by atoms with van der Waals surface area (Å²) < 4.78 is 5.39. The van der Waals surface area contributed by atoms with Gasteiger partial charge in [-0.05, 0) is 44.0 Å². The van der Waals surface area contributed by atoms with E-state index in [0.29, 0.717) is 11.5 Å². The summed E-state index contributed by atoms with van der Waals surface area (Å²) in [6.07, 6.45) is 0.968. The molecule has 16 heavy (non-hydrogen) atoms. The summed E-state index contributed by atoms with van der Waals surface area (Å²) >= 11 is 0. The maximum atomic E-state index is 10.1. The first-order valence-electron chi connectivity index (χ1n) is 5.25. The van der Waals surface area contributed by atoms with Crippen LogP contribution in [0.4, 0.5) is 0 Å². The zero-order valence-electron chi connectivity index (χ0n) is 9.69. The van der Waals surface area contributed by atoms with Gasteiger partial charge in [0.15, 0.2) is 6.10 Å². The molecule has 3 heteroatoms. The maximum absolute atomic E-state index is 10.1. The smallest absolute Gasteiger partial charge is 0.154 e. The number of aromatic nitrogens is 1. The molecular weight excluding hydrogens is 202 g/mol. The third-order valence-electron chi connectivity index (χ3n) is 2.55. The van der Waals surface area contributed by atoms with Gasteiger partial charge in [0.05, 0.1) is 5.69 Å². The van der Waals surface area contributed by atoms with Crippen LogP contribution < -0.4 is 0 Å². The van der Waals surface area contributed by atoms with Gasteiger partial charge in [-0.25, -0.2) is 0 Å². The van der Waals surface area contributed by atoms with E-state index in [1.165, 1.54) is 0 Å². The van der Waals surface area contributed by atoms with E-state index in [0.717, 1.165) is 16.9 Å². The zero-order valence-corrected chi connectivity index (χ0v) is 9.69. The van der Waals surface area contributed by atoms with Gasteiger partial charge in [-0.2, -0.15) is 0 Å². The molecule has 2 aromatic heterocycles. The number of hydrogen-bond acceptors (Lipinski definition) is 3. The first-order chi connectivity index (χ1) is 7.58. The van der Waals surface area contributed by atoms with Crippen LogP contribution in [0.15, 0.2) is 28.8 Å². The predicted octanol–water partition coefficient (Wildman–Crippen LogP) is 2.68. The van der Waals surface area contributed by atoms with Crippen molar-refractivity contribution in [2.75, 3.05) is 0 Å². The molecule has 0 fully saturated rings. The molecule has 0 aliphatic rings. The molecule has 2 aromatic rings. The zero-order chi connectivity index (χ0) is 11.7. The molecule has 0 radical (unpaired) electrons. The van der Waals surface area contributed by atoms with Crippen molar-refractivity contribution < 1.29 is 9.52 Å². The van der Waals surface area contributed by atoms with Crippen molar-refractivity contribution in [3.8, 4) is 0 Å². The summed E-state index contributed by atoms with van der Waals surface area (Å²) in [6.45, 7) is 5.77. The van der Waals surface area contributed by atoms with Crippen LogP contribution in [0, 0.1) is 20.8 Å². The molecule has 1 N–H and O–H groups in total. The number of furan rings is 1. The molecule has 0 aromatic carbocycles. The minimum Gasteiger partial charge on any atom is -0.463 e. The number of rotatable bonds is 2. The Bertz CT molecular complexity index is 502. The highest BCUT2D eigenvalue weighted by Gasteiger charge is 2.17. The molecule has 1 atom stereocenters. The molecule has 0 spiro atoms. The summed E-state index contributed by atoms with van der Waals surface area (Å²) in [7, 11) is 0. The van der Waals surface area contributed by atoms with Crippen LogP contribution in [0.2, 0.25) is 0 Å². The lowest BCUT2D eigenvalue weighted by Gasteiger charge is -2.10. The number of aliphatic hydroxyl groups is 1. The van der Waals surface area contributed by atoms with Crippen LogP contribution in [0.5, 0.6) is 0 Å². The van der Waals surface area contributed by atoms with E-state index in [4.69, 9.17) is 4.42 Å². The van der Waals surface area contributed by atoms with Crippen molar-refractivity contribution in [3.63, 3.8) is 0 Å². The fraction of sp³-hybridized carbons (Fsp3) is 0.308.